The maximum Gasteiger partial charge on any atom is 0.328 e. The number of hydrogen-bond acceptors (Lipinski definition) is 3. The highest BCUT2D eigenvalue weighted by molar-refractivity contribution is 5.79. The van der Waals surface area contributed by atoms with Gasteiger partial charge < -0.3 is 9.84 Å². The number of carboxylic acids is 1. The van der Waals surface area contributed by atoms with Gasteiger partial charge in [0, 0.05) is 31.3 Å². The van der Waals surface area contributed by atoms with Crippen LogP contribution in [-0.4, -0.2) is 35.7 Å². The van der Waals surface area contributed by atoms with Crippen LogP contribution in [-0.2, 0) is 11.3 Å². The summed E-state index contributed by atoms with van der Waals surface area (Å²) in [6.45, 7) is 2.86. The Labute approximate surface area is 100 Å². The Morgan fingerprint density at radius 3 is 3.12 bits per heavy atom. The monoisotopic (exact) mass is 233 g/mol. The fourth-order valence-electron chi connectivity index (χ4n) is 1.84. The summed E-state index contributed by atoms with van der Waals surface area (Å²) in [6.07, 6.45) is 2.84. The van der Waals surface area contributed by atoms with Crippen LogP contribution in [0.25, 0.3) is 0 Å². The Balaban J connectivity index is 2.01. The normalized spacial score (nSPS) is 16.2. The molecule has 0 bridgehead atoms. The SMILES string of the molecule is O=C(O)C=CCN1CCOc2ccccc2C1. The number of aliphatic carboxylic acids is 1. The number of nitrogens with zero attached hydrogens (tertiary/aromatic N) is 1. The predicted octanol–water partition coefficient (Wildman–Crippen LogP) is 1.52. The summed E-state index contributed by atoms with van der Waals surface area (Å²) in [5.41, 5.74) is 1.15. The van der Waals surface area contributed by atoms with E-state index in [1.807, 2.05) is 24.3 Å². The molecule has 0 saturated carbocycles. The lowest BCUT2D eigenvalue weighted by Crippen LogP contribution is -2.25. The van der Waals surface area contributed by atoms with Crippen molar-refractivity contribution < 1.29 is 14.6 Å². The third-order valence-electron chi connectivity index (χ3n) is 2.66. The maximum atomic E-state index is 10.4. The minimum Gasteiger partial charge on any atom is -0.492 e. The van der Waals surface area contributed by atoms with E-state index in [9.17, 15) is 4.79 Å². The van der Waals surface area contributed by atoms with Crippen molar-refractivity contribution >= 4 is 5.97 Å². The van der Waals surface area contributed by atoms with Gasteiger partial charge in [-0.15, -0.1) is 0 Å². The number of benzene rings is 1. The van der Waals surface area contributed by atoms with E-state index in [1.165, 1.54) is 6.08 Å². The lowest BCUT2D eigenvalue weighted by Gasteiger charge is -2.16. The van der Waals surface area contributed by atoms with Crippen LogP contribution in [0.1, 0.15) is 5.56 Å². The van der Waals surface area contributed by atoms with Gasteiger partial charge in [0.05, 0.1) is 0 Å². The number of carbonyl (C=O) groups is 1. The number of rotatable bonds is 3. The summed E-state index contributed by atoms with van der Waals surface area (Å²) in [5, 5.41) is 8.53. The van der Waals surface area contributed by atoms with E-state index in [0.717, 1.165) is 24.4 Å². The van der Waals surface area contributed by atoms with E-state index in [2.05, 4.69) is 4.90 Å². The minimum absolute atomic E-state index is 0.629. The molecule has 4 nitrogen and oxygen atoms in total. The molecule has 0 saturated heterocycles. The highest BCUT2D eigenvalue weighted by Gasteiger charge is 2.13. The van der Waals surface area contributed by atoms with Crippen molar-refractivity contribution in [2.45, 2.75) is 6.54 Å². The number of para-hydroxylation sites is 1. The van der Waals surface area contributed by atoms with Gasteiger partial charge in [-0.1, -0.05) is 24.3 Å². The second kappa shape index (κ2) is 5.50. The Bertz CT molecular complexity index is 428. The van der Waals surface area contributed by atoms with Crippen LogP contribution >= 0.6 is 0 Å². The van der Waals surface area contributed by atoms with Gasteiger partial charge in [0.15, 0.2) is 0 Å². The van der Waals surface area contributed by atoms with Crippen LogP contribution in [0.4, 0.5) is 0 Å². The van der Waals surface area contributed by atoms with Crippen LogP contribution in [0.3, 0.4) is 0 Å². The first-order valence-electron chi connectivity index (χ1n) is 5.58. The van der Waals surface area contributed by atoms with Gasteiger partial charge in [-0.25, -0.2) is 4.79 Å². The Hall–Kier alpha value is -1.81. The third-order valence-corrected chi connectivity index (χ3v) is 2.66. The Morgan fingerprint density at radius 2 is 2.29 bits per heavy atom. The summed E-state index contributed by atoms with van der Waals surface area (Å²) >= 11 is 0. The van der Waals surface area contributed by atoms with Gasteiger partial charge in [-0.2, -0.15) is 0 Å². The molecule has 1 aromatic carbocycles. The summed E-state index contributed by atoms with van der Waals surface area (Å²) in [7, 11) is 0. The molecule has 0 aliphatic carbocycles. The summed E-state index contributed by atoms with van der Waals surface area (Å²) in [4.78, 5) is 12.5. The Kier molecular flexibility index (Phi) is 3.77. The van der Waals surface area contributed by atoms with Crippen LogP contribution in [0.2, 0.25) is 0 Å². The van der Waals surface area contributed by atoms with E-state index in [4.69, 9.17) is 9.84 Å². The number of carboxylic acid groups (broad SMARTS) is 1. The highest BCUT2D eigenvalue weighted by atomic mass is 16.5. The molecule has 0 aromatic heterocycles. The van der Waals surface area contributed by atoms with E-state index in [1.54, 1.807) is 6.08 Å². The quantitative estimate of drug-likeness (QED) is 0.804. The van der Waals surface area contributed by atoms with E-state index in [-0.39, 0.29) is 0 Å². The molecular weight excluding hydrogens is 218 g/mol. The number of ether oxygens (including phenoxy) is 1. The van der Waals surface area contributed by atoms with Crippen LogP contribution in [0.15, 0.2) is 36.4 Å². The fourth-order valence-corrected chi connectivity index (χ4v) is 1.84. The maximum absolute atomic E-state index is 10.4. The third kappa shape index (κ3) is 3.32. The predicted molar refractivity (Wildman–Crippen MR) is 64.0 cm³/mol. The molecule has 1 aromatic rings. The molecule has 0 fully saturated rings. The molecule has 0 radical (unpaired) electrons. The molecule has 0 atom stereocenters. The first-order valence-corrected chi connectivity index (χ1v) is 5.58. The Morgan fingerprint density at radius 1 is 1.47 bits per heavy atom. The average molecular weight is 233 g/mol. The summed E-state index contributed by atoms with van der Waals surface area (Å²) in [6, 6.07) is 7.94. The molecule has 4 heteroatoms. The first-order chi connectivity index (χ1) is 8.25. The van der Waals surface area contributed by atoms with Crippen molar-refractivity contribution in [3.8, 4) is 5.75 Å². The second-order valence-electron chi connectivity index (χ2n) is 3.93. The number of fused-ring (bicyclic) bond motifs is 1. The zero-order chi connectivity index (χ0) is 12.1. The van der Waals surface area contributed by atoms with Crippen molar-refractivity contribution in [2.24, 2.45) is 0 Å². The molecule has 0 spiro atoms. The molecule has 1 N–H and O–H groups in total. The highest BCUT2D eigenvalue weighted by Crippen LogP contribution is 2.22. The largest absolute Gasteiger partial charge is 0.492 e. The fraction of sp³-hybridized carbons (Fsp3) is 0.308. The minimum atomic E-state index is -0.906. The molecular formula is C13H15NO3. The van der Waals surface area contributed by atoms with Gasteiger partial charge in [0.1, 0.15) is 12.4 Å². The average Bonchev–Trinajstić information content (AvgIpc) is 2.50. The molecule has 2 rings (SSSR count). The summed E-state index contributed by atoms with van der Waals surface area (Å²) < 4.78 is 5.62. The van der Waals surface area contributed by atoms with E-state index >= 15 is 0 Å². The lowest BCUT2D eigenvalue weighted by atomic mass is 10.2. The molecule has 17 heavy (non-hydrogen) atoms. The molecule has 1 aliphatic heterocycles. The zero-order valence-electron chi connectivity index (χ0n) is 9.50. The zero-order valence-corrected chi connectivity index (χ0v) is 9.50. The first kappa shape index (κ1) is 11.7. The van der Waals surface area contributed by atoms with Crippen molar-refractivity contribution in [2.75, 3.05) is 19.7 Å². The van der Waals surface area contributed by atoms with Crippen LogP contribution < -0.4 is 4.74 Å². The standard InChI is InChI=1S/C13H15NO3/c15-13(16)6-3-7-14-8-9-17-12-5-2-1-4-11(12)10-14/h1-6H,7-10H2,(H,15,16). The van der Waals surface area contributed by atoms with Crippen molar-refractivity contribution in [3.05, 3.63) is 42.0 Å². The molecule has 0 unspecified atom stereocenters. The van der Waals surface area contributed by atoms with Gasteiger partial charge >= 0.3 is 5.97 Å². The van der Waals surface area contributed by atoms with Crippen LogP contribution in [0.5, 0.6) is 5.75 Å². The smallest absolute Gasteiger partial charge is 0.328 e. The second-order valence-corrected chi connectivity index (χ2v) is 3.93. The number of hydrogen-bond donors (Lipinski definition) is 1. The van der Waals surface area contributed by atoms with Crippen molar-refractivity contribution in [1.29, 1.82) is 0 Å². The van der Waals surface area contributed by atoms with Crippen molar-refractivity contribution in [3.63, 3.8) is 0 Å². The molecule has 1 heterocycles. The molecule has 90 valence electrons. The molecule has 0 amide bonds. The van der Waals surface area contributed by atoms with Crippen LogP contribution in [0, 0.1) is 0 Å². The van der Waals surface area contributed by atoms with E-state index in [0.29, 0.717) is 13.2 Å². The van der Waals surface area contributed by atoms with Crippen molar-refractivity contribution in [1.82, 2.24) is 4.90 Å². The van der Waals surface area contributed by atoms with E-state index < -0.39 is 5.97 Å². The van der Waals surface area contributed by atoms with Gasteiger partial charge in [0.2, 0.25) is 0 Å². The lowest BCUT2D eigenvalue weighted by molar-refractivity contribution is -0.131. The summed E-state index contributed by atoms with van der Waals surface area (Å²) in [5.74, 6) is 0.0219. The van der Waals surface area contributed by atoms with Gasteiger partial charge in [-0.3, -0.25) is 4.90 Å². The topological polar surface area (TPSA) is 49.8 Å². The van der Waals surface area contributed by atoms with Gasteiger partial charge in [-0.05, 0) is 6.07 Å². The molecule has 1 aliphatic rings. The van der Waals surface area contributed by atoms with Gasteiger partial charge in [0.25, 0.3) is 0 Å².